The van der Waals surface area contributed by atoms with Crippen LogP contribution in [0.15, 0.2) is 23.1 Å². The van der Waals surface area contributed by atoms with Crippen molar-refractivity contribution < 1.29 is 18.3 Å². The maximum atomic E-state index is 11.2. The molecular weight excluding hydrogens is 256 g/mol. The first-order valence-corrected chi connectivity index (χ1v) is 7.09. The SMILES string of the molecule is NS(=O)(=O)c1ccc(N2CCCC2)c(C(=O)O)c1. The Morgan fingerprint density at radius 3 is 2.39 bits per heavy atom. The molecule has 98 valence electrons. The van der Waals surface area contributed by atoms with Gasteiger partial charge in [0.25, 0.3) is 0 Å². The third-order valence-electron chi connectivity index (χ3n) is 2.97. The van der Waals surface area contributed by atoms with Crippen molar-refractivity contribution in [3.05, 3.63) is 23.8 Å². The Morgan fingerprint density at radius 1 is 1.28 bits per heavy atom. The van der Waals surface area contributed by atoms with Gasteiger partial charge in [0, 0.05) is 13.1 Å². The lowest BCUT2D eigenvalue weighted by Gasteiger charge is -2.20. The molecule has 0 aliphatic carbocycles. The highest BCUT2D eigenvalue weighted by Gasteiger charge is 2.21. The molecule has 1 aliphatic rings. The molecule has 1 aromatic carbocycles. The summed E-state index contributed by atoms with van der Waals surface area (Å²) < 4.78 is 22.4. The molecule has 0 spiro atoms. The Bertz CT molecular complexity index is 577. The number of nitrogens with two attached hydrogens (primary N) is 1. The van der Waals surface area contributed by atoms with Crippen molar-refractivity contribution in [2.75, 3.05) is 18.0 Å². The van der Waals surface area contributed by atoms with Gasteiger partial charge in [-0.1, -0.05) is 0 Å². The van der Waals surface area contributed by atoms with Crippen LogP contribution >= 0.6 is 0 Å². The fourth-order valence-electron chi connectivity index (χ4n) is 2.10. The lowest BCUT2D eigenvalue weighted by Crippen LogP contribution is -2.21. The molecule has 3 N–H and O–H groups in total. The van der Waals surface area contributed by atoms with E-state index in [4.69, 9.17) is 10.2 Å². The summed E-state index contributed by atoms with van der Waals surface area (Å²) in [6, 6.07) is 3.97. The molecule has 0 unspecified atom stereocenters. The van der Waals surface area contributed by atoms with Crippen molar-refractivity contribution in [1.82, 2.24) is 0 Å². The van der Waals surface area contributed by atoms with Crippen LogP contribution < -0.4 is 10.0 Å². The largest absolute Gasteiger partial charge is 0.478 e. The van der Waals surface area contributed by atoms with Crippen LogP contribution in [-0.2, 0) is 10.0 Å². The Labute approximate surface area is 105 Å². The van der Waals surface area contributed by atoms with Crippen LogP contribution in [0.2, 0.25) is 0 Å². The quantitative estimate of drug-likeness (QED) is 0.839. The minimum Gasteiger partial charge on any atom is -0.478 e. The summed E-state index contributed by atoms with van der Waals surface area (Å²) in [5.41, 5.74) is 0.524. The minimum atomic E-state index is -3.88. The van der Waals surface area contributed by atoms with Crippen LogP contribution in [0.5, 0.6) is 0 Å². The second-order valence-electron chi connectivity index (χ2n) is 4.22. The molecule has 1 aliphatic heterocycles. The van der Waals surface area contributed by atoms with Gasteiger partial charge < -0.3 is 10.0 Å². The van der Waals surface area contributed by atoms with Crippen molar-refractivity contribution in [1.29, 1.82) is 0 Å². The van der Waals surface area contributed by atoms with Crippen LogP contribution in [0.25, 0.3) is 0 Å². The van der Waals surface area contributed by atoms with E-state index in [9.17, 15) is 13.2 Å². The van der Waals surface area contributed by atoms with E-state index >= 15 is 0 Å². The molecule has 7 heteroatoms. The van der Waals surface area contributed by atoms with E-state index < -0.39 is 16.0 Å². The van der Waals surface area contributed by atoms with E-state index in [1.54, 1.807) is 0 Å². The zero-order chi connectivity index (χ0) is 13.3. The van der Waals surface area contributed by atoms with Crippen LogP contribution in [0.1, 0.15) is 23.2 Å². The average Bonchev–Trinajstić information content (AvgIpc) is 2.80. The molecule has 2 rings (SSSR count). The van der Waals surface area contributed by atoms with E-state index in [0.29, 0.717) is 5.69 Å². The van der Waals surface area contributed by atoms with Crippen LogP contribution in [0.3, 0.4) is 0 Å². The Morgan fingerprint density at radius 2 is 1.89 bits per heavy atom. The number of benzene rings is 1. The molecule has 1 heterocycles. The van der Waals surface area contributed by atoms with Gasteiger partial charge in [0.1, 0.15) is 0 Å². The Kier molecular flexibility index (Phi) is 3.27. The van der Waals surface area contributed by atoms with E-state index in [1.165, 1.54) is 12.1 Å². The predicted molar refractivity (Wildman–Crippen MR) is 66.2 cm³/mol. The summed E-state index contributed by atoms with van der Waals surface area (Å²) in [5.74, 6) is -1.15. The van der Waals surface area contributed by atoms with Gasteiger partial charge in [0.15, 0.2) is 0 Å². The molecule has 0 atom stereocenters. The van der Waals surface area contributed by atoms with Gasteiger partial charge in [-0.3, -0.25) is 0 Å². The normalized spacial score (nSPS) is 15.9. The van der Waals surface area contributed by atoms with Crippen molar-refractivity contribution in [3.8, 4) is 0 Å². The molecule has 6 nitrogen and oxygen atoms in total. The summed E-state index contributed by atoms with van der Waals surface area (Å²) in [4.78, 5) is 13.0. The van der Waals surface area contributed by atoms with Crippen molar-refractivity contribution in [2.24, 2.45) is 5.14 Å². The molecule has 0 aromatic heterocycles. The number of sulfonamides is 1. The zero-order valence-electron chi connectivity index (χ0n) is 9.67. The minimum absolute atomic E-state index is 0.0246. The molecule has 1 fully saturated rings. The lowest BCUT2D eigenvalue weighted by molar-refractivity contribution is 0.0697. The van der Waals surface area contributed by atoms with E-state index in [-0.39, 0.29) is 10.5 Å². The number of hydrogen-bond donors (Lipinski definition) is 2. The number of primary sulfonamides is 1. The molecular formula is C11H14N2O4S. The van der Waals surface area contributed by atoms with Crippen LogP contribution in [0, 0.1) is 0 Å². The van der Waals surface area contributed by atoms with Gasteiger partial charge in [-0.2, -0.15) is 0 Å². The first-order chi connectivity index (χ1) is 8.39. The molecule has 18 heavy (non-hydrogen) atoms. The predicted octanol–water partition coefficient (Wildman–Crippen LogP) is 0.632. The average molecular weight is 270 g/mol. The van der Waals surface area contributed by atoms with Gasteiger partial charge in [-0.05, 0) is 31.0 Å². The highest BCUT2D eigenvalue weighted by atomic mass is 32.2. The molecule has 1 aromatic rings. The maximum absolute atomic E-state index is 11.2. The van der Waals surface area contributed by atoms with Crippen molar-refractivity contribution in [3.63, 3.8) is 0 Å². The molecule has 0 saturated carbocycles. The number of anilines is 1. The number of nitrogens with zero attached hydrogens (tertiary/aromatic N) is 1. The monoisotopic (exact) mass is 270 g/mol. The first kappa shape index (κ1) is 12.8. The topological polar surface area (TPSA) is 101 Å². The Hall–Kier alpha value is -1.60. The number of hydrogen-bond acceptors (Lipinski definition) is 4. The van der Waals surface area contributed by atoms with Gasteiger partial charge >= 0.3 is 5.97 Å². The van der Waals surface area contributed by atoms with E-state index in [1.807, 2.05) is 4.90 Å². The van der Waals surface area contributed by atoms with E-state index in [0.717, 1.165) is 32.0 Å². The summed E-state index contributed by atoms with van der Waals surface area (Å²) >= 11 is 0. The molecule has 0 bridgehead atoms. The number of carbonyl (C=O) groups is 1. The van der Waals surface area contributed by atoms with E-state index in [2.05, 4.69) is 0 Å². The Balaban J connectivity index is 2.51. The standard InChI is InChI=1S/C11H14N2O4S/c12-18(16,17)8-3-4-10(9(7-8)11(14)15)13-5-1-2-6-13/h3-4,7H,1-2,5-6H2,(H,14,15)(H2,12,16,17). The number of carboxylic acid groups (broad SMARTS) is 1. The number of rotatable bonds is 3. The fraction of sp³-hybridized carbons (Fsp3) is 0.364. The number of carboxylic acids is 1. The summed E-state index contributed by atoms with van der Waals surface area (Å²) in [6.45, 7) is 1.57. The summed E-state index contributed by atoms with van der Waals surface area (Å²) in [6.07, 6.45) is 2.02. The molecule has 1 saturated heterocycles. The maximum Gasteiger partial charge on any atom is 0.337 e. The van der Waals surface area contributed by atoms with Gasteiger partial charge in [-0.15, -0.1) is 0 Å². The van der Waals surface area contributed by atoms with Crippen molar-refractivity contribution >= 4 is 21.7 Å². The number of aromatic carboxylic acids is 1. The second-order valence-corrected chi connectivity index (χ2v) is 5.78. The first-order valence-electron chi connectivity index (χ1n) is 5.54. The van der Waals surface area contributed by atoms with Gasteiger partial charge in [-0.25, -0.2) is 18.4 Å². The summed E-state index contributed by atoms with van der Waals surface area (Å²) in [5, 5.41) is 14.1. The lowest BCUT2D eigenvalue weighted by atomic mass is 10.1. The molecule has 0 amide bonds. The van der Waals surface area contributed by atoms with Crippen LogP contribution in [-0.4, -0.2) is 32.6 Å². The van der Waals surface area contributed by atoms with Gasteiger partial charge in [0.05, 0.1) is 16.1 Å². The fourth-order valence-corrected chi connectivity index (χ4v) is 2.64. The highest BCUT2D eigenvalue weighted by molar-refractivity contribution is 7.89. The van der Waals surface area contributed by atoms with Crippen LogP contribution in [0.4, 0.5) is 5.69 Å². The summed E-state index contributed by atoms with van der Waals surface area (Å²) in [7, 11) is -3.88. The highest BCUT2D eigenvalue weighted by Crippen LogP contribution is 2.26. The van der Waals surface area contributed by atoms with Gasteiger partial charge in [0.2, 0.25) is 10.0 Å². The van der Waals surface area contributed by atoms with Crippen molar-refractivity contribution in [2.45, 2.75) is 17.7 Å². The molecule has 0 radical (unpaired) electrons. The third kappa shape index (κ3) is 2.46. The zero-order valence-corrected chi connectivity index (χ0v) is 10.5. The smallest absolute Gasteiger partial charge is 0.337 e. The second kappa shape index (κ2) is 4.58. The third-order valence-corrected chi connectivity index (χ3v) is 3.88.